The van der Waals surface area contributed by atoms with E-state index in [1.807, 2.05) is 0 Å². The van der Waals surface area contributed by atoms with Gasteiger partial charge < -0.3 is 15.2 Å². The Morgan fingerprint density at radius 2 is 2.43 bits per heavy atom. The zero-order valence-corrected chi connectivity index (χ0v) is 9.20. The van der Waals surface area contributed by atoms with Crippen LogP contribution in [0.5, 0.6) is 0 Å². The van der Waals surface area contributed by atoms with Crippen LogP contribution in [0.25, 0.3) is 0 Å². The van der Waals surface area contributed by atoms with Crippen molar-refractivity contribution in [1.29, 1.82) is 0 Å². The second-order valence-corrected chi connectivity index (χ2v) is 3.88. The Morgan fingerprint density at radius 1 is 1.64 bits per heavy atom. The van der Waals surface area contributed by atoms with Gasteiger partial charge in [0.1, 0.15) is 0 Å². The Hall–Kier alpha value is -0.160. The van der Waals surface area contributed by atoms with Crippen molar-refractivity contribution < 1.29 is 9.84 Å². The van der Waals surface area contributed by atoms with Crippen molar-refractivity contribution in [2.24, 2.45) is 0 Å². The molecule has 14 heavy (non-hydrogen) atoms. The Kier molecular flexibility index (Phi) is 5.40. The summed E-state index contributed by atoms with van der Waals surface area (Å²) in [5.74, 6) is 0. The Morgan fingerprint density at radius 3 is 3.00 bits per heavy atom. The van der Waals surface area contributed by atoms with Gasteiger partial charge in [0.15, 0.2) is 0 Å². The third kappa shape index (κ3) is 3.92. The number of hydrogen-bond acceptors (Lipinski definition) is 4. The summed E-state index contributed by atoms with van der Waals surface area (Å²) in [4.78, 5) is 2.34. The number of nitrogens with zero attached hydrogens (tertiary/aromatic N) is 1. The molecule has 0 bridgehead atoms. The summed E-state index contributed by atoms with van der Waals surface area (Å²) in [6.45, 7) is 8.94. The van der Waals surface area contributed by atoms with E-state index >= 15 is 0 Å². The zero-order valence-electron chi connectivity index (χ0n) is 9.20. The monoisotopic (exact) mass is 202 g/mol. The van der Waals surface area contributed by atoms with E-state index in [-0.39, 0.29) is 12.6 Å². The second kappa shape index (κ2) is 6.35. The highest BCUT2D eigenvalue weighted by atomic mass is 16.5. The molecule has 1 aliphatic heterocycles. The molecule has 1 rings (SSSR count). The predicted molar refractivity (Wildman–Crippen MR) is 56.4 cm³/mol. The molecule has 0 aliphatic carbocycles. The van der Waals surface area contributed by atoms with E-state index in [4.69, 9.17) is 9.84 Å². The number of morpholine rings is 1. The van der Waals surface area contributed by atoms with Crippen LogP contribution >= 0.6 is 0 Å². The fourth-order valence-electron chi connectivity index (χ4n) is 1.84. The minimum Gasteiger partial charge on any atom is -0.395 e. The summed E-state index contributed by atoms with van der Waals surface area (Å²) >= 11 is 0. The van der Waals surface area contributed by atoms with Gasteiger partial charge in [0.25, 0.3) is 0 Å². The zero-order chi connectivity index (χ0) is 10.4. The lowest BCUT2D eigenvalue weighted by Crippen LogP contribution is -2.49. The van der Waals surface area contributed by atoms with Gasteiger partial charge in [-0.15, -0.1) is 0 Å². The van der Waals surface area contributed by atoms with Crippen LogP contribution in [0.3, 0.4) is 0 Å². The maximum atomic E-state index is 9.13. The highest BCUT2D eigenvalue weighted by molar-refractivity contribution is 4.74. The molecule has 0 radical (unpaired) electrons. The molecule has 0 aromatic carbocycles. The summed E-state index contributed by atoms with van der Waals surface area (Å²) in [5.41, 5.74) is 0. The Labute approximate surface area is 86.2 Å². The molecule has 1 heterocycles. The summed E-state index contributed by atoms with van der Waals surface area (Å²) < 4.78 is 5.46. The van der Waals surface area contributed by atoms with Crippen molar-refractivity contribution in [2.75, 3.05) is 39.4 Å². The van der Waals surface area contributed by atoms with Gasteiger partial charge in [-0.05, 0) is 13.5 Å². The smallest absolute Gasteiger partial charge is 0.0674 e. The van der Waals surface area contributed by atoms with E-state index in [0.29, 0.717) is 6.10 Å². The summed E-state index contributed by atoms with van der Waals surface area (Å²) in [7, 11) is 0. The number of hydrogen-bond donors (Lipinski definition) is 2. The molecule has 2 N–H and O–H groups in total. The van der Waals surface area contributed by atoms with Crippen molar-refractivity contribution in [2.45, 2.75) is 26.0 Å². The first-order valence-electron chi connectivity index (χ1n) is 5.44. The number of rotatable bonds is 5. The van der Waals surface area contributed by atoms with Gasteiger partial charge in [-0.25, -0.2) is 0 Å². The predicted octanol–water partition coefficient (Wildman–Crippen LogP) is -0.322. The lowest BCUT2D eigenvalue weighted by Gasteiger charge is -2.33. The molecule has 4 heteroatoms. The molecule has 2 unspecified atom stereocenters. The van der Waals surface area contributed by atoms with Gasteiger partial charge in [0, 0.05) is 25.7 Å². The van der Waals surface area contributed by atoms with E-state index in [0.717, 1.165) is 32.8 Å². The second-order valence-electron chi connectivity index (χ2n) is 3.88. The lowest BCUT2D eigenvalue weighted by atomic mass is 10.2. The van der Waals surface area contributed by atoms with E-state index in [1.165, 1.54) is 0 Å². The molecule has 0 aromatic heterocycles. The quantitative estimate of drug-likeness (QED) is 0.641. The minimum absolute atomic E-state index is 0.199. The van der Waals surface area contributed by atoms with Crippen LogP contribution in [0.1, 0.15) is 13.8 Å². The van der Waals surface area contributed by atoms with Crippen LogP contribution < -0.4 is 5.32 Å². The Bertz CT molecular complexity index is 155. The van der Waals surface area contributed by atoms with Gasteiger partial charge in [0.05, 0.1) is 19.3 Å². The van der Waals surface area contributed by atoms with Crippen LogP contribution in [0.15, 0.2) is 0 Å². The number of ether oxygens (including phenoxy) is 1. The van der Waals surface area contributed by atoms with Crippen LogP contribution in [0, 0.1) is 0 Å². The first kappa shape index (κ1) is 11.9. The van der Waals surface area contributed by atoms with Crippen molar-refractivity contribution in [3.63, 3.8) is 0 Å². The molecule has 2 atom stereocenters. The van der Waals surface area contributed by atoms with E-state index in [1.54, 1.807) is 0 Å². The molecule has 4 nitrogen and oxygen atoms in total. The van der Waals surface area contributed by atoms with E-state index in [2.05, 4.69) is 24.1 Å². The highest BCUT2D eigenvalue weighted by Crippen LogP contribution is 2.04. The standard InChI is InChI=1S/C10H22N2O2/c1-3-11-10(8-13)7-12-4-5-14-9(2)6-12/h9-11,13H,3-8H2,1-2H3. The normalized spacial score (nSPS) is 26.4. The molecule has 0 saturated carbocycles. The Balaban J connectivity index is 2.26. The molecule has 1 saturated heterocycles. The molecular formula is C10H22N2O2. The van der Waals surface area contributed by atoms with Gasteiger partial charge >= 0.3 is 0 Å². The topological polar surface area (TPSA) is 44.7 Å². The van der Waals surface area contributed by atoms with Gasteiger partial charge in [-0.2, -0.15) is 0 Å². The van der Waals surface area contributed by atoms with Crippen molar-refractivity contribution in [3.8, 4) is 0 Å². The van der Waals surface area contributed by atoms with Crippen LogP contribution in [-0.4, -0.2) is 61.5 Å². The number of aliphatic hydroxyl groups excluding tert-OH is 1. The molecular weight excluding hydrogens is 180 g/mol. The fourth-order valence-corrected chi connectivity index (χ4v) is 1.84. The summed E-state index contributed by atoms with van der Waals surface area (Å²) in [5, 5.41) is 12.4. The lowest BCUT2D eigenvalue weighted by molar-refractivity contribution is -0.0227. The van der Waals surface area contributed by atoms with Crippen LogP contribution in [-0.2, 0) is 4.74 Å². The molecule has 84 valence electrons. The van der Waals surface area contributed by atoms with Crippen LogP contribution in [0.4, 0.5) is 0 Å². The summed E-state index contributed by atoms with van der Waals surface area (Å²) in [6, 6.07) is 0.199. The van der Waals surface area contributed by atoms with Crippen molar-refractivity contribution in [1.82, 2.24) is 10.2 Å². The molecule has 1 aliphatic rings. The first-order valence-corrected chi connectivity index (χ1v) is 5.44. The minimum atomic E-state index is 0.199. The van der Waals surface area contributed by atoms with Gasteiger partial charge in [-0.3, -0.25) is 4.90 Å². The van der Waals surface area contributed by atoms with Gasteiger partial charge in [-0.1, -0.05) is 6.92 Å². The molecule has 1 fully saturated rings. The maximum Gasteiger partial charge on any atom is 0.0674 e. The average Bonchev–Trinajstić information content (AvgIpc) is 2.17. The summed E-state index contributed by atoms with van der Waals surface area (Å²) in [6.07, 6.45) is 0.324. The van der Waals surface area contributed by atoms with Crippen LogP contribution in [0.2, 0.25) is 0 Å². The first-order chi connectivity index (χ1) is 6.76. The fraction of sp³-hybridized carbons (Fsp3) is 1.00. The number of aliphatic hydroxyl groups is 1. The average molecular weight is 202 g/mol. The van der Waals surface area contributed by atoms with Gasteiger partial charge in [0.2, 0.25) is 0 Å². The highest BCUT2D eigenvalue weighted by Gasteiger charge is 2.19. The van der Waals surface area contributed by atoms with E-state index in [9.17, 15) is 0 Å². The molecule has 0 aromatic rings. The molecule has 0 spiro atoms. The van der Waals surface area contributed by atoms with E-state index < -0.39 is 0 Å². The number of likely N-dealkylation sites (N-methyl/N-ethyl adjacent to an activating group) is 1. The third-order valence-electron chi connectivity index (χ3n) is 2.52. The largest absolute Gasteiger partial charge is 0.395 e. The number of nitrogens with one attached hydrogen (secondary N) is 1. The maximum absolute atomic E-state index is 9.13. The third-order valence-corrected chi connectivity index (χ3v) is 2.52. The molecule has 0 amide bonds. The van der Waals surface area contributed by atoms with Crippen molar-refractivity contribution in [3.05, 3.63) is 0 Å². The van der Waals surface area contributed by atoms with Crippen molar-refractivity contribution >= 4 is 0 Å². The SMILES string of the molecule is CCNC(CO)CN1CCOC(C)C1.